The number of rotatable bonds is 9. The molecule has 32 heavy (non-hydrogen) atoms. The van der Waals surface area contributed by atoms with Crippen LogP contribution in [-0.2, 0) is 14.3 Å². The van der Waals surface area contributed by atoms with Gasteiger partial charge >= 0.3 is 5.97 Å². The van der Waals surface area contributed by atoms with E-state index in [1.807, 2.05) is 0 Å². The first-order chi connectivity index (χ1) is 15.5. The molecule has 1 unspecified atom stereocenters. The molecule has 3 rings (SSSR count). The average Bonchev–Trinajstić information content (AvgIpc) is 2.82. The third-order valence-electron chi connectivity index (χ3n) is 4.65. The van der Waals surface area contributed by atoms with Crippen LogP contribution in [0.2, 0.25) is 0 Å². The lowest BCUT2D eigenvalue weighted by Gasteiger charge is -2.18. The highest BCUT2D eigenvalue weighted by Crippen LogP contribution is 2.23. The Morgan fingerprint density at radius 2 is 1.62 bits per heavy atom. The van der Waals surface area contributed by atoms with Gasteiger partial charge in [-0.05, 0) is 36.4 Å². The Morgan fingerprint density at radius 1 is 0.906 bits per heavy atom. The highest BCUT2D eigenvalue weighted by Gasteiger charge is 2.25. The van der Waals surface area contributed by atoms with Crippen molar-refractivity contribution in [3.8, 4) is 5.75 Å². The predicted molar refractivity (Wildman–Crippen MR) is 117 cm³/mol. The Labute approximate surface area is 185 Å². The van der Waals surface area contributed by atoms with Crippen LogP contribution >= 0.6 is 0 Å². The zero-order valence-corrected chi connectivity index (χ0v) is 17.4. The summed E-state index contributed by atoms with van der Waals surface area (Å²) in [6.45, 7) is 0. The van der Waals surface area contributed by atoms with E-state index in [2.05, 4.69) is 5.32 Å². The number of carbonyl (C=O) groups excluding carboxylic acids is 3. The predicted octanol–water partition coefficient (Wildman–Crippen LogP) is 4.72. The molecule has 0 bridgehead atoms. The summed E-state index contributed by atoms with van der Waals surface area (Å²) in [4.78, 5) is 37.6. The highest BCUT2D eigenvalue weighted by molar-refractivity contribution is 5.98. The Balaban J connectivity index is 1.67. The third-order valence-corrected chi connectivity index (χ3v) is 4.65. The van der Waals surface area contributed by atoms with E-state index in [1.54, 1.807) is 54.6 Å². The maximum atomic E-state index is 13.0. The van der Waals surface area contributed by atoms with E-state index < -0.39 is 23.8 Å². The van der Waals surface area contributed by atoms with Gasteiger partial charge in [0.25, 0.3) is 5.91 Å². The van der Waals surface area contributed by atoms with E-state index in [0.29, 0.717) is 22.6 Å². The van der Waals surface area contributed by atoms with Crippen molar-refractivity contribution >= 4 is 23.3 Å². The summed E-state index contributed by atoms with van der Waals surface area (Å²) in [5, 5.41) is 2.72. The van der Waals surface area contributed by atoms with Crippen LogP contribution in [-0.4, -0.2) is 24.8 Å². The van der Waals surface area contributed by atoms with E-state index in [1.165, 1.54) is 31.4 Å². The van der Waals surface area contributed by atoms with E-state index in [9.17, 15) is 18.8 Å². The number of methoxy groups -OCH3 is 1. The molecule has 0 fully saturated rings. The minimum absolute atomic E-state index is 0.122. The van der Waals surface area contributed by atoms with Crippen LogP contribution in [0.3, 0.4) is 0 Å². The number of nitrogens with one attached hydrogen (secondary N) is 1. The first-order valence-corrected chi connectivity index (χ1v) is 9.94. The molecule has 0 heterocycles. The number of ketones is 1. The van der Waals surface area contributed by atoms with Gasteiger partial charge in [0.2, 0.25) is 6.10 Å². The van der Waals surface area contributed by atoms with Gasteiger partial charge in [-0.2, -0.15) is 0 Å². The van der Waals surface area contributed by atoms with E-state index >= 15 is 0 Å². The number of hydrogen-bond acceptors (Lipinski definition) is 5. The monoisotopic (exact) mass is 435 g/mol. The van der Waals surface area contributed by atoms with Crippen molar-refractivity contribution in [2.45, 2.75) is 18.9 Å². The standard InChI is InChI=1S/C25H22FNO5/c1-31-21-9-5-8-20(16-21)27-25(30)24(18-6-3-2-4-7-18)32-23(29)15-14-22(28)17-10-12-19(26)13-11-17/h2-13,16,24H,14-15H2,1H3,(H,27,30). The molecule has 0 saturated carbocycles. The van der Waals surface area contributed by atoms with Crippen molar-refractivity contribution in [2.24, 2.45) is 0 Å². The number of anilines is 1. The summed E-state index contributed by atoms with van der Waals surface area (Å²) < 4.78 is 23.6. The summed E-state index contributed by atoms with van der Waals surface area (Å²) in [5.74, 6) is -1.44. The Morgan fingerprint density at radius 3 is 2.31 bits per heavy atom. The van der Waals surface area contributed by atoms with E-state index in [4.69, 9.17) is 9.47 Å². The molecule has 0 aromatic heterocycles. The molecule has 0 aliphatic rings. The summed E-state index contributed by atoms with van der Waals surface area (Å²) in [6, 6.07) is 20.5. The molecule has 1 amide bonds. The van der Waals surface area contributed by atoms with Crippen LogP contribution in [0.25, 0.3) is 0 Å². The lowest BCUT2D eigenvalue weighted by atomic mass is 10.1. The molecule has 0 aliphatic carbocycles. The minimum atomic E-state index is -1.20. The second-order valence-corrected chi connectivity index (χ2v) is 6.93. The fourth-order valence-corrected chi connectivity index (χ4v) is 3.00. The number of halogens is 1. The molecular formula is C25H22FNO5. The highest BCUT2D eigenvalue weighted by atomic mass is 19.1. The topological polar surface area (TPSA) is 81.7 Å². The lowest BCUT2D eigenvalue weighted by molar-refractivity contribution is -0.154. The maximum absolute atomic E-state index is 13.0. The second kappa shape index (κ2) is 10.9. The SMILES string of the molecule is COc1cccc(NC(=O)C(OC(=O)CCC(=O)c2ccc(F)cc2)c2ccccc2)c1. The largest absolute Gasteiger partial charge is 0.497 e. The number of hydrogen-bond donors (Lipinski definition) is 1. The van der Waals surface area contributed by atoms with Gasteiger partial charge < -0.3 is 14.8 Å². The fourth-order valence-electron chi connectivity index (χ4n) is 3.00. The van der Waals surface area contributed by atoms with E-state index in [0.717, 1.165) is 0 Å². The van der Waals surface area contributed by atoms with Crippen molar-refractivity contribution in [1.82, 2.24) is 0 Å². The summed E-state index contributed by atoms with van der Waals surface area (Å²) >= 11 is 0. The third kappa shape index (κ3) is 6.25. The van der Waals surface area contributed by atoms with Crippen molar-refractivity contribution in [1.29, 1.82) is 0 Å². The molecule has 3 aromatic rings. The van der Waals surface area contributed by atoms with Gasteiger partial charge in [0.05, 0.1) is 13.5 Å². The van der Waals surface area contributed by atoms with Crippen LogP contribution in [0.15, 0.2) is 78.9 Å². The number of ether oxygens (including phenoxy) is 2. The van der Waals surface area contributed by atoms with Gasteiger partial charge in [-0.3, -0.25) is 14.4 Å². The molecule has 3 aromatic carbocycles. The molecular weight excluding hydrogens is 413 g/mol. The van der Waals surface area contributed by atoms with Gasteiger partial charge in [-0.25, -0.2) is 4.39 Å². The summed E-state index contributed by atoms with van der Waals surface area (Å²) in [5.41, 5.74) is 1.28. The Kier molecular flexibility index (Phi) is 7.70. The number of Topliss-reactive ketones (excluding diaryl/α,β-unsaturated/α-hetero) is 1. The van der Waals surface area contributed by atoms with Gasteiger partial charge in [0, 0.05) is 29.3 Å². The minimum Gasteiger partial charge on any atom is -0.497 e. The van der Waals surface area contributed by atoms with Crippen LogP contribution in [0.5, 0.6) is 5.75 Å². The van der Waals surface area contributed by atoms with Gasteiger partial charge in [0.1, 0.15) is 11.6 Å². The van der Waals surface area contributed by atoms with Crippen LogP contribution in [0, 0.1) is 5.82 Å². The van der Waals surface area contributed by atoms with Gasteiger partial charge in [0.15, 0.2) is 5.78 Å². The normalized spacial score (nSPS) is 11.3. The molecule has 0 spiro atoms. The molecule has 1 atom stereocenters. The van der Waals surface area contributed by atoms with Crippen LogP contribution < -0.4 is 10.1 Å². The number of carbonyl (C=O) groups is 3. The van der Waals surface area contributed by atoms with Crippen molar-refractivity contribution in [2.75, 3.05) is 12.4 Å². The van der Waals surface area contributed by atoms with Crippen molar-refractivity contribution < 1.29 is 28.2 Å². The number of esters is 1. The van der Waals surface area contributed by atoms with Crippen LogP contribution in [0.1, 0.15) is 34.9 Å². The van der Waals surface area contributed by atoms with Gasteiger partial charge in [-0.15, -0.1) is 0 Å². The summed E-state index contributed by atoms with van der Waals surface area (Å²) in [7, 11) is 1.52. The van der Waals surface area contributed by atoms with Crippen molar-refractivity contribution in [3.05, 3.63) is 95.8 Å². The zero-order chi connectivity index (χ0) is 22.9. The number of amides is 1. The molecule has 1 N–H and O–H groups in total. The average molecular weight is 435 g/mol. The molecule has 164 valence electrons. The molecule has 0 saturated heterocycles. The molecule has 0 aliphatic heterocycles. The van der Waals surface area contributed by atoms with E-state index in [-0.39, 0.29) is 18.6 Å². The van der Waals surface area contributed by atoms with Crippen LogP contribution in [0.4, 0.5) is 10.1 Å². The zero-order valence-electron chi connectivity index (χ0n) is 17.4. The quantitative estimate of drug-likeness (QED) is 0.389. The molecule has 0 radical (unpaired) electrons. The molecule has 7 heteroatoms. The maximum Gasteiger partial charge on any atom is 0.307 e. The van der Waals surface area contributed by atoms with Crippen molar-refractivity contribution in [3.63, 3.8) is 0 Å². The van der Waals surface area contributed by atoms with Gasteiger partial charge in [-0.1, -0.05) is 36.4 Å². The lowest BCUT2D eigenvalue weighted by Crippen LogP contribution is -2.26. The number of benzene rings is 3. The Hall–Kier alpha value is -4.00. The second-order valence-electron chi connectivity index (χ2n) is 6.93. The fraction of sp³-hybridized carbons (Fsp3) is 0.160. The molecule has 6 nitrogen and oxygen atoms in total. The Bertz CT molecular complexity index is 1080. The first-order valence-electron chi connectivity index (χ1n) is 9.94. The first kappa shape index (κ1) is 22.7. The summed E-state index contributed by atoms with van der Waals surface area (Å²) in [6.07, 6.45) is -1.54. The smallest absolute Gasteiger partial charge is 0.307 e.